The summed E-state index contributed by atoms with van der Waals surface area (Å²) in [6.45, 7) is -0.577. The molecule has 1 aromatic heterocycles. The van der Waals surface area contributed by atoms with Gasteiger partial charge in [-0.1, -0.05) is 12.1 Å². The standard InChI is InChI=1S/C21H20O10/c22-7-15-18(26)19(27)20(28)21(31-15)30-11-3-1-9(2-4-11)12-8-29-14-6-10(23)5-13(24)16(14)17(12)25/h1-6,8,15,18-24,26-28H,7H2/t15-,18-,19+,20-,21-/m0/s1. The van der Waals surface area contributed by atoms with Crippen LogP contribution in [0.15, 0.2) is 51.9 Å². The molecule has 4 rings (SSSR count). The maximum atomic E-state index is 12.8. The average Bonchev–Trinajstić information content (AvgIpc) is 2.74. The van der Waals surface area contributed by atoms with E-state index in [9.17, 15) is 35.4 Å². The van der Waals surface area contributed by atoms with E-state index in [2.05, 4.69) is 0 Å². The third kappa shape index (κ3) is 3.82. The number of phenols is 2. The maximum Gasteiger partial charge on any atom is 0.229 e. The lowest BCUT2D eigenvalue weighted by Gasteiger charge is -2.39. The Morgan fingerprint density at radius 1 is 0.968 bits per heavy atom. The molecule has 0 radical (unpaired) electrons. The minimum Gasteiger partial charge on any atom is -0.508 e. The van der Waals surface area contributed by atoms with Crippen molar-refractivity contribution in [2.45, 2.75) is 30.7 Å². The van der Waals surface area contributed by atoms with Crippen molar-refractivity contribution in [3.05, 3.63) is 52.9 Å². The maximum absolute atomic E-state index is 12.8. The molecule has 0 unspecified atom stereocenters. The van der Waals surface area contributed by atoms with Gasteiger partial charge in [-0.15, -0.1) is 0 Å². The first-order valence-corrected chi connectivity index (χ1v) is 9.35. The molecule has 1 aliphatic rings. The van der Waals surface area contributed by atoms with Crippen LogP contribution in [-0.4, -0.2) is 68.0 Å². The van der Waals surface area contributed by atoms with Gasteiger partial charge in [-0.2, -0.15) is 0 Å². The second-order valence-corrected chi connectivity index (χ2v) is 7.16. The Hall–Kier alpha value is -3.15. The van der Waals surface area contributed by atoms with Gasteiger partial charge in [0, 0.05) is 12.1 Å². The summed E-state index contributed by atoms with van der Waals surface area (Å²) in [6.07, 6.45) is -5.84. The van der Waals surface area contributed by atoms with Gasteiger partial charge in [0.25, 0.3) is 0 Å². The van der Waals surface area contributed by atoms with Crippen molar-refractivity contribution in [2.24, 2.45) is 0 Å². The van der Waals surface area contributed by atoms with Gasteiger partial charge in [0.05, 0.1) is 12.2 Å². The Bertz CT molecular complexity index is 1140. The first kappa shape index (κ1) is 21.1. The van der Waals surface area contributed by atoms with E-state index in [4.69, 9.17) is 13.9 Å². The Balaban J connectivity index is 1.59. The van der Waals surface area contributed by atoms with Crippen LogP contribution in [-0.2, 0) is 4.74 Å². The number of aliphatic hydroxyl groups excluding tert-OH is 4. The second-order valence-electron chi connectivity index (χ2n) is 7.16. The zero-order chi connectivity index (χ0) is 22.3. The molecule has 0 aliphatic carbocycles. The number of aliphatic hydroxyl groups is 4. The molecule has 6 N–H and O–H groups in total. The number of hydrogen-bond donors (Lipinski definition) is 6. The topological polar surface area (TPSA) is 170 Å². The highest BCUT2D eigenvalue weighted by Gasteiger charge is 2.44. The van der Waals surface area contributed by atoms with Crippen LogP contribution >= 0.6 is 0 Å². The summed E-state index contributed by atoms with van der Waals surface area (Å²) in [5.74, 6) is -0.421. The summed E-state index contributed by atoms with van der Waals surface area (Å²) in [7, 11) is 0. The van der Waals surface area contributed by atoms with Crippen LogP contribution in [0.1, 0.15) is 0 Å². The van der Waals surface area contributed by atoms with E-state index in [1.807, 2.05) is 0 Å². The van der Waals surface area contributed by atoms with Gasteiger partial charge >= 0.3 is 0 Å². The van der Waals surface area contributed by atoms with Gasteiger partial charge in [-0.25, -0.2) is 0 Å². The molecule has 31 heavy (non-hydrogen) atoms. The molecule has 2 heterocycles. The second kappa shape index (κ2) is 8.17. The summed E-state index contributed by atoms with van der Waals surface area (Å²) in [4.78, 5) is 12.8. The molecule has 1 aliphatic heterocycles. The Morgan fingerprint density at radius 2 is 1.68 bits per heavy atom. The van der Waals surface area contributed by atoms with Crippen molar-refractivity contribution in [3.63, 3.8) is 0 Å². The van der Waals surface area contributed by atoms with Crippen molar-refractivity contribution >= 4 is 11.0 Å². The lowest BCUT2D eigenvalue weighted by atomic mass is 9.99. The molecule has 5 atom stereocenters. The van der Waals surface area contributed by atoms with Crippen LogP contribution in [0.2, 0.25) is 0 Å². The SMILES string of the molecule is O=c1c(-c2ccc(O[C@H]3O[C@@H](CO)[C@H](O)[C@@H](O)[C@@H]3O)cc2)coc2cc(O)cc(O)c12. The molecule has 0 spiro atoms. The van der Waals surface area contributed by atoms with Gasteiger partial charge < -0.3 is 44.5 Å². The van der Waals surface area contributed by atoms with Gasteiger partial charge in [-0.05, 0) is 17.7 Å². The lowest BCUT2D eigenvalue weighted by Crippen LogP contribution is -2.60. The Labute approximate surface area is 174 Å². The number of fused-ring (bicyclic) bond motifs is 1. The van der Waals surface area contributed by atoms with Crippen LogP contribution in [0.25, 0.3) is 22.1 Å². The smallest absolute Gasteiger partial charge is 0.229 e. The highest BCUT2D eigenvalue weighted by molar-refractivity contribution is 5.88. The third-order valence-electron chi connectivity index (χ3n) is 5.11. The fourth-order valence-corrected chi connectivity index (χ4v) is 3.43. The van der Waals surface area contributed by atoms with Crippen LogP contribution in [0.5, 0.6) is 17.2 Å². The average molecular weight is 432 g/mol. The number of hydrogen-bond acceptors (Lipinski definition) is 10. The van der Waals surface area contributed by atoms with Crippen molar-refractivity contribution in [1.82, 2.24) is 0 Å². The molecule has 0 saturated carbocycles. The summed E-state index contributed by atoms with van der Waals surface area (Å²) >= 11 is 0. The first-order chi connectivity index (χ1) is 14.8. The molecular weight excluding hydrogens is 412 g/mol. The van der Waals surface area contributed by atoms with Gasteiger partial charge in [0.15, 0.2) is 0 Å². The zero-order valence-corrected chi connectivity index (χ0v) is 16.0. The fourth-order valence-electron chi connectivity index (χ4n) is 3.43. The summed E-state index contributed by atoms with van der Waals surface area (Å²) in [6, 6.07) is 8.30. The predicted molar refractivity (Wildman–Crippen MR) is 106 cm³/mol. The Morgan fingerprint density at radius 3 is 2.35 bits per heavy atom. The fraction of sp³-hybridized carbons (Fsp3) is 0.286. The third-order valence-corrected chi connectivity index (χ3v) is 5.11. The number of rotatable bonds is 4. The molecule has 10 nitrogen and oxygen atoms in total. The van der Waals surface area contributed by atoms with Crippen molar-refractivity contribution in [3.8, 4) is 28.4 Å². The largest absolute Gasteiger partial charge is 0.508 e. The van der Waals surface area contributed by atoms with Gasteiger partial charge in [0.2, 0.25) is 11.7 Å². The first-order valence-electron chi connectivity index (χ1n) is 9.35. The molecule has 164 valence electrons. The number of ether oxygens (including phenoxy) is 2. The molecular formula is C21H20O10. The quantitative estimate of drug-likeness (QED) is 0.331. The van der Waals surface area contributed by atoms with Gasteiger partial charge in [-0.3, -0.25) is 4.79 Å². The van der Waals surface area contributed by atoms with Crippen LogP contribution in [0.3, 0.4) is 0 Å². The molecule has 1 fully saturated rings. The van der Waals surface area contributed by atoms with Crippen LogP contribution < -0.4 is 10.2 Å². The summed E-state index contributed by atoms with van der Waals surface area (Å²) < 4.78 is 16.2. The van der Waals surface area contributed by atoms with E-state index in [-0.39, 0.29) is 28.0 Å². The van der Waals surface area contributed by atoms with Gasteiger partial charge in [0.1, 0.15) is 58.9 Å². The normalized spacial score (nSPS) is 26.1. The van der Waals surface area contributed by atoms with E-state index in [1.54, 1.807) is 0 Å². The van der Waals surface area contributed by atoms with E-state index in [0.717, 1.165) is 6.07 Å². The number of benzene rings is 2. The monoisotopic (exact) mass is 432 g/mol. The molecule has 0 bridgehead atoms. The van der Waals surface area contributed by atoms with Crippen molar-refractivity contribution in [2.75, 3.05) is 6.61 Å². The van der Waals surface area contributed by atoms with Crippen LogP contribution in [0, 0.1) is 0 Å². The number of aromatic hydroxyl groups is 2. The highest BCUT2D eigenvalue weighted by Crippen LogP contribution is 2.30. The van der Waals surface area contributed by atoms with E-state index in [0.29, 0.717) is 5.56 Å². The van der Waals surface area contributed by atoms with Crippen molar-refractivity contribution < 1.29 is 44.5 Å². The minimum absolute atomic E-state index is 0.0359. The molecule has 1 saturated heterocycles. The molecule has 0 amide bonds. The summed E-state index contributed by atoms with van der Waals surface area (Å²) in [5.41, 5.74) is 0.146. The van der Waals surface area contributed by atoms with E-state index < -0.39 is 48.5 Å². The molecule has 3 aromatic rings. The number of phenolic OH excluding ortho intramolecular Hbond substituents is 2. The molecule has 10 heteroatoms. The van der Waals surface area contributed by atoms with Crippen molar-refractivity contribution in [1.29, 1.82) is 0 Å². The zero-order valence-electron chi connectivity index (χ0n) is 16.0. The van der Waals surface area contributed by atoms with E-state index >= 15 is 0 Å². The van der Waals surface area contributed by atoms with Crippen LogP contribution in [0.4, 0.5) is 0 Å². The highest BCUT2D eigenvalue weighted by atomic mass is 16.7. The predicted octanol–water partition coefficient (Wildman–Crippen LogP) is 0.0499. The van der Waals surface area contributed by atoms with E-state index in [1.165, 1.54) is 36.6 Å². The summed E-state index contributed by atoms with van der Waals surface area (Å²) in [5, 5.41) is 58.4. The lowest BCUT2D eigenvalue weighted by molar-refractivity contribution is -0.277. The Kier molecular flexibility index (Phi) is 5.56. The molecule has 2 aromatic carbocycles. The minimum atomic E-state index is -1.57.